The third kappa shape index (κ3) is 4.84. The molecule has 0 aliphatic rings. The van der Waals surface area contributed by atoms with E-state index in [1.165, 1.54) is 0 Å². The monoisotopic (exact) mass is 499 g/mol. The lowest BCUT2D eigenvalue weighted by Gasteiger charge is -2.20. The fraction of sp³-hybridized carbons (Fsp3) is 0.0645. The van der Waals surface area contributed by atoms with Crippen LogP contribution in [0.15, 0.2) is 109 Å². The Morgan fingerprint density at radius 1 is 0.757 bits per heavy atom. The molecule has 1 atom stereocenters. The maximum Gasteiger partial charge on any atom is 0.165 e. The number of nitriles is 2. The predicted molar refractivity (Wildman–Crippen MR) is 144 cm³/mol. The van der Waals surface area contributed by atoms with Gasteiger partial charge in [-0.15, -0.1) is 0 Å². The molecule has 0 radical (unpaired) electrons. The van der Waals surface area contributed by atoms with E-state index in [0.29, 0.717) is 33.4 Å². The van der Waals surface area contributed by atoms with Crippen LogP contribution in [-0.2, 0) is 15.6 Å². The second kappa shape index (κ2) is 10.1. The van der Waals surface area contributed by atoms with Crippen LogP contribution in [0.5, 0.6) is 0 Å². The highest BCUT2D eigenvalue weighted by Gasteiger charge is 2.30. The topological polar surface area (TPSA) is 94.6 Å². The summed E-state index contributed by atoms with van der Waals surface area (Å²) in [7, 11) is -3.77. The Labute approximate surface area is 215 Å². The molecule has 0 bridgehead atoms. The lowest BCUT2D eigenvalue weighted by Crippen LogP contribution is -2.17. The zero-order chi connectivity index (χ0) is 25.8. The van der Waals surface area contributed by atoms with Crippen molar-refractivity contribution in [2.24, 2.45) is 0 Å². The molecule has 0 saturated carbocycles. The quantitative estimate of drug-likeness (QED) is 0.271. The van der Waals surface area contributed by atoms with Crippen LogP contribution in [0.25, 0.3) is 21.9 Å². The van der Waals surface area contributed by atoms with Crippen LogP contribution in [0, 0.1) is 22.7 Å². The van der Waals surface area contributed by atoms with E-state index < -0.39 is 15.1 Å². The molecule has 37 heavy (non-hydrogen) atoms. The maximum absolute atomic E-state index is 13.9. The summed E-state index contributed by atoms with van der Waals surface area (Å²) >= 11 is 0. The van der Waals surface area contributed by atoms with Crippen molar-refractivity contribution in [2.75, 3.05) is 0 Å². The average Bonchev–Trinajstić information content (AvgIpc) is 2.93. The van der Waals surface area contributed by atoms with Crippen molar-refractivity contribution in [2.45, 2.75) is 11.0 Å². The van der Waals surface area contributed by atoms with Crippen molar-refractivity contribution >= 4 is 20.6 Å². The van der Waals surface area contributed by atoms with Gasteiger partial charge in [-0.3, -0.25) is 4.98 Å². The van der Waals surface area contributed by atoms with Gasteiger partial charge in [-0.05, 0) is 63.4 Å². The van der Waals surface area contributed by atoms with Crippen LogP contribution in [0.3, 0.4) is 0 Å². The van der Waals surface area contributed by atoms with E-state index in [1.807, 2.05) is 48.5 Å². The van der Waals surface area contributed by atoms with Crippen LogP contribution < -0.4 is 0 Å². The third-order valence-corrected chi connectivity index (χ3v) is 8.34. The largest absolute Gasteiger partial charge is 0.264 e. The Morgan fingerprint density at radius 2 is 1.54 bits per heavy atom. The van der Waals surface area contributed by atoms with Gasteiger partial charge >= 0.3 is 0 Å². The van der Waals surface area contributed by atoms with Gasteiger partial charge in [-0.2, -0.15) is 10.5 Å². The molecule has 0 aliphatic carbocycles. The zero-order valence-corrected chi connectivity index (χ0v) is 20.6. The van der Waals surface area contributed by atoms with E-state index in [4.69, 9.17) is 5.26 Å². The first-order valence-corrected chi connectivity index (χ1v) is 13.3. The van der Waals surface area contributed by atoms with Crippen LogP contribution in [0.4, 0.5) is 0 Å². The number of sulfone groups is 1. The number of hydrogen-bond donors (Lipinski definition) is 0. The van der Waals surface area contributed by atoms with Crippen LogP contribution in [0.1, 0.15) is 33.1 Å². The number of nitrogens with zero attached hydrogens (tertiary/aromatic N) is 3. The first-order valence-electron chi connectivity index (χ1n) is 11.6. The molecular weight excluding hydrogens is 478 g/mol. The van der Waals surface area contributed by atoms with E-state index in [9.17, 15) is 13.7 Å². The molecule has 1 unspecified atom stereocenters. The zero-order valence-electron chi connectivity index (χ0n) is 19.7. The van der Waals surface area contributed by atoms with Crippen LogP contribution in [0.2, 0.25) is 0 Å². The smallest absolute Gasteiger partial charge is 0.165 e. The van der Waals surface area contributed by atoms with Crippen molar-refractivity contribution in [1.82, 2.24) is 4.98 Å². The molecule has 0 fully saturated rings. The van der Waals surface area contributed by atoms with Crippen molar-refractivity contribution in [1.29, 1.82) is 10.5 Å². The summed E-state index contributed by atoms with van der Waals surface area (Å²) in [6.07, 6.45) is 3.17. The van der Waals surface area contributed by atoms with Gasteiger partial charge in [0.2, 0.25) is 0 Å². The highest BCUT2D eigenvalue weighted by atomic mass is 32.2. The minimum atomic E-state index is -3.77. The maximum atomic E-state index is 13.9. The molecule has 0 aliphatic heterocycles. The number of rotatable bonds is 6. The Hall–Kier alpha value is -4.78. The molecule has 0 N–H and O–H groups in total. The number of aromatic nitrogens is 1. The van der Waals surface area contributed by atoms with Crippen LogP contribution in [-0.4, -0.2) is 13.4 Å². The van der Waals surface area contributed by atoms with Gasteiger partial charge in [-0.1, -0.05) is 66.7 Å². The Balaban J connectivity index is 1.67. The van der Waals surface area contributed by atoms with Crippen molar-refractivity contribution < 1.29 is 8.42 Å². The molecule has 4 aromatic carbocycles. The summed E-state index contributed by atoms with van der Waals surface area (Å²) in [4.78, 5) is 4.18. The summed E-state index contributed by atoms with van der Waals surface area (Å²) in [5, 5.41) is 20.0. The first kappa shape index (κ1) is 23.9. The number of benzene rings is 4. The number of fused-ring (bicyclic) bond motifs is 1. The Kier molecular flexibility index (Phi) is 6.51. The number of hydrogen-bond acceptors (Lipinski definition) is 5. The predicted octanol–water partition coefficient (Wildman–Crippen LogP) is 6.35. The van der Waals surface area contributed by atoms with Gasteiger partial charge in [0.15, 0.2) is 9.84 Å². The molecule has 1 heterocycles. The van der Waals surface area contributed by atoms with Gasteiger partial charge in [-0.25, -0.2) is 8.42 Å². The molecule has 5 nitrogen and oxygen atoms in total. The normalized spacial score (nSPS) is 11.9. The summed E-state index contributed by atoms with van der Waals surface area (Å²) in [5.74, 6) is -0.206. The molecule has 1 aromatic heterocycles. The lowest BCUT2D eigenvalue weighted by atomic mass is 9.92. The van der Waals surface area contributed by atoms with Gasteiger partial charge in [0.1, 0.15) is 5.25 Å². The van der Waals surface area contributed by atoms with E-state index in [-0.39, 0.29) is 5.75 Å². The third-order valence-electron chi connectivity index (χ3n) is 6.34. The van der Waals surface area contributed by atoms with Gasteiger partial charge in [0, 0.05) is 18.0 Å². The van der Waals surface area contributed by atoms with Crippen molar-refractivity contribution in [3.63, 3.8) is 0 Å². The van der Waals surface area contributed by atoms with Gasteiger partial charge in [0.05, 0.1) is 29.0 Å². The molecule has 0 amide bonds. The first-order chi connectivity index (χ1) is 18.0. The van der Waals surface area contributed by atoms with E-state index >= 15 is 0 Å². The number of pyridine rings is 1. The highest BCUT2D eigenvalue weighted by Crippen LogP contribution is 2.37. The standard InChI is InChI=1S/C31H21N3O2S/c32-18-22-10-12-23(13-11-22)21-37(35,36)31(27-7-4-16-34-20-27)25-14-15-26(19-33)30(17-25)29-9-3-6-24-5-1-2-8-28(24)29/h1-17,20,31H,21H2. The summed E-state index contributed by atoms with van der Waals surface area (Å²) in [6, 6.07) is 33.4. The second-order valence-corrected chi connectivity index (χ2v) is 10.8. The Morgan fingerprint density at radius 3 is 2.27 bits per heavy atom. The molecule has 6 heteroatoms. The molecule has 5 rings (SSSR count). The summed E-state index contributed by atoms with van der Waals surface area (Å²) in [6.45, 7) is 0. The minimum Gasteiger partial charge on any atom is -0.264 e. The minimum absolute atomic E-state index is 0.206. The fourth-order valence-corrected chi connectivity index (χ4v) is 6.57. The van der Waals surface area contributed by atoms with Crippen molar-refractivity contribution in [3.05, 3.63) is 137 Å². The fourth-order valence-electron chi connectivity index (χ4n) is 4.63. The van der Waals surface area contributed by atoms with Gasteiger partial charge < -0.3 is 0 Å². The SMILES string of the molecule is N#Cc1ccc(CS(=O)(=O)C(c2cccnc2)c2ccc(C#N)c(-c3cccc4ccccc34)c2)cc1. The summed E-state index contributed by atoms with van der Waals surface area (Å²) < 4.78 is 27.8. The van der Waals surface area contributed by atoms with Crippen molar-refractivity contribution in [3.8, 4) is 23.3 Å². The van der Waals surface area contributed by atoms with Crippen LogP contribution >= 0.6 is 0 Å². The highest BCUT2D eigenvalue weighted by molar-refractivity contribution is 7.91. The molecule has 0 spiro atoms. The van der Waals surface area contributed by atoms with Gasteiger partial charge in [0.25, 0.3) is 0 Å². The van der Waals surface area contributed by atoms with E-state index in [1.54, 1.807) is 60.9 Å². The molecule has 178 valence electrons. The lowest BCUT2D eigenvalue weighted by molar-refractivity contribution is 0.588. The van der Waals surface area contributed by atoms with E-state index in [0.717, 1.165) is 16.3 Å². The molecule has 5 aromatic rings. The summed E-state index contributed by atoms with van der Waals surface area (Å²) in [5.41, 5.74) is 4.18. The molecular formula is C31H21N3O2S. The average molecular weight is 500 g/mol. The molecule has 0 saturated heterocycles. The van der Waals surface area contributed by atoms with E-state index in [2.05, 4.69) is 17.1 Å². The second-order valence-electron chi connectivity index (χ2n) is 8.73. The Bertz CT molecular complexity index is 1780.